The molecule has 13 heteroatoms. The van der Waals surface area contributed by atoms with E-state index in [2.05, 4.69) is 104 Å². The smallest absolute Gasteiger partial charge is 0.176 e. The molecule has 52 heavy (non-hydrogen) atoms. The maximum Gasteiger partial charge on any atom is 0.176 e. The molecule has 0 radical (unpaired) electrons. The number of ether oxygens (including phenoxy) is 1. The van der Waals surface area contributed by atoms with Crippen molar-refractivity contribution in [2.75, 3.05) is 11.9 Å². The van der Waals surface area contributed by atoms with E-state index in [1.807, 2.05) is 95.4 Å². The first-order valence-electron chi connectivity index (χ1n) is 16.2. The van der Waals surface area contributed by atoms with Crippen LogP contribution in [-0.2, 0) is 24.4 Å². The van der Waals surface area contributed by atoms with Gasteiger partial charge in [0.15, 0.2) is 5.78 Å². The average Bonchev–Trinajstić information content (AvgIpc) is 4.01. The quantitative estimate of drug-likeness (QED) is 0.0789. The van der Waals surface area contributed by atoms with Crippen molar-refractivity contribution in [3.63, 3.8) is 0 Å². The maximum absolute atomic E-state index is 11.4. The van der Waals surface area contributed by atoms with Crippen LogP contribution in [0.4, 0.5) is 0 Å². The monoisotopic (exact) mass is 888 g/mol. The van der Waals surface area contributed by atoms with Crippen LogP contribution in [0.15, 0.2) is 156 Å². The minimum Gasteiger partial charge on any atom is -0.494 e. The predicted molar refractivity (Wildman–Crippen MR) is 216 cm³/mol. The number of H-pyrrole nitrogens is 1. The molecular formula is C39H39Br3N8O2. The molecule has 0 unspecified atom stereocenters. The van der Waals surface area contributed by atoms with E-state index in [0.717, 1.165) is 27.6 Å². The molecule has 268 valence electrons. The largest absolute Gasteiger partial charge is 0.494 e. The van der Waals surface area contributed by atoms with Gasteiger partial charge in [-0.15, -0.1) is 0 Å². The first kappa shape index (κ1) is 39.9. The van der Waals surface area contributed by atoms with E-state index in [0.29, 0.717) is 29.8 Å². The van der Waals surface area contributed by atoms with E-state index in [-0.39, 0.29) is 5.78 Å². The molecule has 0 fully saturated rings. The Hall–Kier alpha value is -4.85. The van der Waals surface area contributed by atoms with E-state index in [1.54, 1.807) is 41.9 Å². The minimum absolute atomic E-state index is 0.0549. The third-order valence-corrected chi connectivity index (χ3v) is 8.33. The molecule has 0 amide bonds. The molecule has 0 spiro atoms. The molecular weight excluding hydrogens is 852 g/mol. The second kappa shape index (κ2) is 22.2. The summed E-state index contributed by atoms with van der Waals surface area (Å²) in [6.07, 6.45) is 14.3. The van der Waals surface area contributed by atoms with Crippen LogP contribution in [0.5, 0.6) is 0 Å². The number of benzene rings is 3. The number of carbonyl (C=O) groups excluding carboxylic acids is 1. The summed E-state index contributed by atoms with van der Waals surface area (Å²) in [6.45, 7) is 8.71. The van der Waals surface area contributed by atoms with Crippen LogP contribution in [0.2, 0.25) is 0 Å². The zero-order valence-corrected chi connectivity index (χ0v) is 33.4. The van der Waals surface area contributed by atoms with Crippen LogP contribution in [0.25, 0.3) is 5.76 Å². The molecule has 3 aromatic carbocycles. The molecule has 7 aromatic rings. The van der Waals surface area contributed by atoms with Gasteiger partial charge in [-0.3, -0.25) is 23.9 Å². The third-order valence-electron chi connectivity index (χ3n) is 6.98. The number of nitrogens with zero attached hydrogens (tertiary/aromatic N) is 7. The number of nitrogens with one attached hydrogen (secondary N) is 1. The van der Waals surface area contributed by atoms with Gasteiger partial charge in [0.1, 0.15) is 5.76 Å². The van der Waals surface area contributed by atoms with Gasteiger partial charge in [0.25, 0.3) is 0 Å². The number of hydrogen-bond donors (Lipinski definition) is 1. The SMILES string of the molecule is Brc1cn[nH]c1.Brc1cnn(Cc2ccccc2)c1.C=C(OCC)c1cnn(Cc2ccccc2)c1.O=C(CBr)c1cnn(Cc2ccccc2)c1. The number of carbonyl (C=O) groups is 1. The zero-order valence-electron chi connectivity index (χ0n) is 28.6. The molecule has 0 saturated heterocycles. The number of halogens is 3. The molecule has 1 N–H and O–H groups in total. The highest BCUT2D eigenvalue weighted by Gasteiger charge is 2.07. The predicted octanol–water partition coefficient (Wildman–Crippen LogP) is 9.31. The Balaban J connectivity index is 0.000000162. The Labute approximate surface area is 328 Å². The van der Waals surface area contributed by atoms with Gasteiger partial charge in [-0.2, -0.15) is 20.4 Å². The van der Waals surface area contributed by atoms with Crippen LogP contribution in [0.3, 0.4) is 0 Å². The fraction of sp³-hybridized carbons (Fsp3) is 0.154. The molecule has 4 heterocycles. The van der Waals surface area contributed by atoms with Crippen LogP contribution in [-0.4, -0.2) is 57.3 Å². The summed E-state index contributed by atoms with van der Waals surface area (Å²) in [5, 5.41) is 19.2. The van der Waals surface area contributed by atoms with E-state index in [4.69, 9.17) is 4.74 Å². The van der Waals surface area contributed by atoms with Crippen LogP contribution in [0, 0.1) is 0 Å². The van der Waals surface area contributed by atoms with Gasteiger partial charge in [-0.05, 0) is 55.5 Å². The molecule has 7 rings (SSSR count). The molecule has 0 atom stereocenters. The van der Waals surface area contributed by atoms with Crippen LogP contribution < -0.4 is 0 Å². The van der Waals surface area contributed by atoms with E-state index in [1.165, 1.54) is 16.7 Å². The van der Waals surface area contributed by atoms with E-state index in [9.17, 15) is 4.79 Å². The van der Waals surface area contributed by atoms with Gasteiger partial charge in [-0.25, -0.2) is 0 Å². The lowest BCUT2D eigenvalue weighted by Crippen LogP contribution is -2.01. The standard InChI is InChI=1S/C14H16N2O.C12H11BrN2O.C10H9BrN2.C3H3BrN2/c1-3-17-12(2)14-9-15-16(11-14)10-13-7-5-4-6-8-13;13-6-12(16)11-7-14-15(9-11)8-10-4-2-1-3-5-10;11-10-6-12-13(8-10)7-9-4-2-1-3-5-9;4-3-1-5-6-2-3/h4-9,11H,2-3,10H2,1H3;1-5,7,9H,6,8H2;1-6,8H,7H2;1-2H,(H,5,6). The summed E-state index contributed by atoms with van der Waals surface area (Å²) in [5.74, 6) is 0.728. The van der Waals surface area contributed by atoms with Crippen molar-refractivity contribution in [1.82, 2.24) is 39.5 Å². The number of rotatable bonds is 11. The first-order valence-corrected chi connectivity index (χ1v) is 18.9. The molecule has 0 saturated carbocycles. The lowest BCUT2D eigenvalue weighted by atomic mass is 10.2. The van der Waals surface area contributed by atoms with Gasteiger partial charge >= 0.3 is 0 Å². The zero-order chi connectivity index (χ0) is 37.0. The Morgan fingerprint density at radius 3 is 1.52 bits per heavy atom. The summed E-state index contributed by atoms with van der Waals surface area (Å²) in [5.41, 5.74) is 5.24. The highest BCUT2D eigenvalue weighted by molar-refractivity contribution is 9.10. The highest BCUT2D eigenvalue weighted by Crippen LogP contribution is 2.13. The number of hydrogen-bond acceptors (Lipinski definition) is 6. The van der Waals surface area contributed by atoms with Crippen molar-refractivity contribution in [2.24, 2.45) is 0 Å². The number of aromatic amines is 1. The maximum atomic E-state index is 11.4. The van der Waals surface area contributed by atoms with Crippen molar-refractivity contribution in [3.05, 3.63) is 184 Å². The number of aromatic nitrogens is 8. The van der Waals surface area contributed by atoms with Crippen molar-refractivity contribution in [2.45, 2.75) is 26.6 Å². The summed E-state index contributed by atoms with van der Waals surface area (Å²) >= 11 is 9.69. The summed E-state index contributed by atoms with van der Waals surface area (Å²) in [4.78, 5) is 11.4. The molecule has 0 aliphatic heterocycles. The summed E-state index contributed by atoms with van der Waals surface area (Å²) < 4.78 is 12.9. The summed E-state index contributed by atoms with van der Waals surface area (Å²) in [7, 11) is 0. The van der Waals surface area contributed by atoms with Gasteiger partial charge in [0, 0.05) is 24.8 Å². The van der Waals surface area contributed by atoms with Crippen LogP contribution in [0.1, 0.15) is 39.5 Å². The molecule has 10 nitrogen and oxygen atoms in total. The topological polar surface area (TPSA) is 108 Å². The number of ketones is 1. The van der Waals surface area contributed by atoms with Crippen molar-refractivity contribution in [3.8, 4) is 0 Å². The highest BCUT2D eigenvalue weighted by atomic mass is 79.9. The van der Waals surface area contributed by atoms with Gasteiger partial charge in [0.05, 0.1) is 76.4 Å². The molecule has 4 aromatic heterocycles. The van der Waals surface area contributed by atoms with Crippen LogP contribution >= 0.6 is 47.8 Å². The fourth-order valence-corrected chi connectivity index (χ4v) is 5.35. The van der Waals surface area contributed by atoms with Gasteiger partial charge < -0.3 is 4.74 Å². The van der Waals surface area contributed by atoms with E-state index >= 15 is 0 Å². The Bertz CT molecular complexity index is 2030. The second-order valence-corrected chi connectivity index (χ2v) is 13.4. The average molecular weight is 892 g/mol. The lowest BCUT2D eigenvalue weighted by Gasteiger charge is -2.03. The van der Waals surface area contributed by atoms with Gasteiger partial charge in [-0.1, -0.05) is 114 Å². The first-order chi connectivity index (χ1) is 25.3. The Kier molecular flexibility index (Phi) is 17.0. The van der Waals surface area contributed by atoms with Crippen molar-refractivity contribution in [1.29, 1.82) is 0 Å². The third kappa shape index (κ3) is 14.4. The number of alkyl halides is 1. The second-order valence-electron chi connectivity index (χ2n) is 11.0. The molecule has 0 bridgehead atoms. The lowest BCUT2D eigenvalue weighted by molar-refractivity contribution is 0.102. The van der Waals surface area contributed by atoms with Crippen molar-refractivity contribution < 1.29 is 9.53 Å². The van der Waals surface area contributed by atoms with Gasteiger partial charge in [0.2, 0.25) is 0 Å². The normalized spacial score (nSPS) is 10.1. The van der Waals surface area contributed by atoms with E-state index < -0.39 is 0 Å². The number of Topliss-reactive ketones (excluding diaryl/α,β-unsaturated/α-hetero) is 1. The molecule has 0 aliphatic rings. The Morgan fingerprint density at radius 2 is 1.13 bits per heavy atom. The van der Waals surface area contributed by atoms with Crippen molar-refractivity contribution >= 4 is 59.3 Å². The minimum atomic E-state index is 0.0549. The fourth-order valence-electron chi connectivity index (χ4n) is 4.49. The Morgan fingerprint density at radius 1 is 0.673 bits per heavy atom. The molecule has 0 aliphatic carbocycles. The summed E-state index contributed by atoms with van der Waals surface area (Å²) in [6, 6.07) is 30.5.